The summed E-state index contributed by atoms with van der Waals surface area (Å²) >= 11 is 0. The standard InChI is InChI=1S/C24H21N3O3/c1-15-8-6-10-19(16(15)2)26-24-18(23(28)27-21-12-4-5-13-25-21)14-17-9-7-11-20(29-3)22(17)30-24/h4-14H,1-3H3,(H,25,27,28). The summed E-state index contributed by atoms with van der Waals surface area (Å²) in [5, 5.41) is 3.54. The second kappa shape index (κ2) is 8.21. The molecular formula is C24H21N3O3. The zero-order chi connectivity index (χ0) is 21.1. The van der Waals surface area contributed by atoms with E-state index in [0.29, 0.717) is 22.7 Å². The average molecular weight is 399 g/mol. The molecule has 0 bridgehead atoms. The maximum Gasteiger partial charge on any atom is 0.262 e. The summed E-state index contributed by atoms with van der Waals surface area (Å²) in [6.45, 7) is 4.01. The summed E-state index contributed by atoms with van der Waals surface area (Å²) in [4.78, 5) is 21.9. The van der Waals surface area contributed by atoms with Gasteiger partial charge >= 0.3 is 0 Å². The van der Waals surface area contributed by atoms with Crippen LogP contribution in [0.5, 0.6) is 5.75 Å². The lowest BCUT2D eigenvalue weighted by molar-refractivity contribution is 0.102. The Morgan fingerprint density at radius 2 is 1.90 bits per heavy atom. The van der Waals surface area contributed by atoms with Crippen LogP contribution in [0, 0.1) is 13.8 Å². The summed E-state index contributed by atoms with van der Waals surface area (Å²) in [5.74, 6) is 0.666. The number of carbonyl (C=O) groups is 1. The lowest BCUT2D eigenvalue weighted by Gasteiger charge is -2.09. The number of methoxy groups -OCH3 is 1. The number of aromatic nitrogens is 1. The molecule has 0 atom stereocenters. The Bertz CT molecular complexity index is 1290. The van der Waals surface area contributed by atoms with Gasteiger partial charge in [-0.2, -0.15) is 0 Å². The quantitative estimate of drug-likeness (QED) is 0.527. The average Bonchev–Trinajstić information content (AvgIpc) is 2.76. The first-order valence-electron chi connectivity index (χ1n) is 9.51. The van der Waals surface area contributed by atoms with E-state index in [1.807, 2.05) is 44.2 Å². The van der Waals surface area contributed by atoms with Crippen molar-refractivity contribution in [2.45, 2.75) is 13.8 Å². The Kier molecular flexibility index (Phi) is 5.30. The highest BCUT2D eigenvalue weighted by Crippen LogP contribution is 2.26. The van der Waals surface area contributed by atoms with Gasteiger partial charge in [-0.25, -0.2) is 9.98 Å². The third-order valence-electron chi connectivity index (χ3n) is 4.91. The van der Waals surface area contributed by atoms with Gasteiger partial charge in [0, 0.05) is 11.6 Å². The Morgan fingerprint density at radius 3 is 2.67 bits per heavy atom. The molecule has 4 aromatic rings. The number of nitrogens with zero attached hydrogens (tertiary/aromatic N) is 2. The Morgan fingerprint density at radius 1 is 1.07 bits per heavy atom. The van der Waals surface area contributed by atoms with Crippen LogP contribution in [-0.2, 0) is 0 Å². The number of carbonyl (C=O) groups excluding carboxylic acids is 1. The van der Waals surface area contributed by atoms with Crippen molar-refractivity contribution in [1.82, 2.24) is 4.98 Å². The number of para-hydroxylation sites is 1. The number of benzene rings is 2. The number of anilines is 1. The maximum atomic E-state index is 13.1. The molecule has 0 saturated carbocycles. The molecule has 6 nitrogen and oxygen atoms in total. The van der Waals surface area contributed by atoms with Crippen molar-refractivity contribution in [1.29, 1.82) is 0 Å². The van der Waals surface area contributed by atoms with Crippen LogP contribution in [0.4, 0.5) is 11.5 Å². The number of hydrogen-bond acceptors (Lipinski definition) is 5. The highest BCUT2D eigenvalue weighted by atomic mass is 16.5. The van der Waals surface area contributed by atoms with Crippen molar-refractivity contribution in [3.05, 3.63) is 89.1 Å². The third kappa shape index (κ3) is 3.80. The highest BCUT2D eigenvalue weighted by Gasteiger charge is 2.16. The van der Waals surface area contributed by atoms with Gasteiger partial charge in [0.05, 0.1) is 12.8 Å². The molecule has 0 unspecified atom stereocenters. The lowest BCUT2D eigenvalue weighted by Crippen LogP contribution is -2.22. The van der Waals surface area contributed by atoms with Crippen molar-refractivity contribution in [3.63, 3.8) is 0 Å². The number of hydrogen-bond donors (Lipinski definition) is 1. The van der Waals surface area contributed by atoms with Gasteiger partial charge in [-0.1, -0.05) is 30.3 Å². The zero-order valence-corrected chi connectivity index (χ0v) is 17.0. The first-order chi connectivity index (χ1) is 14.6. The van der Waals surface area contributed by atoms with Gasteiger partial charge in [-0.15, -0.1) is 0 Å². The van der Waals surface area contributed by atoms with Crippen molar-refractivity contribution < 1.29 is 13.9 Å². The second-order valence-corrected chi connectivity index (χ2v) is 6.84. The summed E-state index contributed by atoms with van der Waals surface area (Å²) in [6, 6.07) is 18.4. The van der Waals surface area contributed by atoms with Crippen molar-refractivity contribution in [2.75, 3.05) is 12.4 Å². The van der Waals surface area contributed by atoms with Gasteiger partial charge in [0.25, 0.3) is 5.91 Å². The molecule has 0 radical (unpaired) electrons. The van der Waals surface area contributed by atoms with Crippen LogP contribution >= 0.6 is 0 Å². The molecule has 0 aliphatic rings. The van der Waals surface area contributed by atoms with E-state index in [0.717, 1.165) is 22.2 Å². The van der Waals surface area contributed by atoms with Crippen LogP contribution in [0.1, 0.15) is 21.5 Å². The first kappa shape index (κ1) is 19.4. The molecule has 2 aromatic carbocycles. The predicted octanol–water partition coefficient (Wildman–Crippen LogP) is 4.94. The van der Waals surface area contributed by atoms with Crippen LogP contribution in [0.3, 0.4) is 0 Å². The molecule has 0 aliphatic heterocycles. The van der Waals surface area contributed by atoms with Gasteiger partial charge in [0.2, 0.25) is 5.55 Å². The normalized spacial score (nSPS) is 11.5. The number of aryl methyl sites for hydroxylation is 1. The van der Waals surface area contributed by atoms with E-state index >= 15 is 0 Å². The molecule has 2 heterocycles. The minimum absolute atomic E-state index is 0.203. The van der Waals surface area contributed by atoms with Gasteiger partial charge < -0.3 is 14.5 Å². The van der Waals surface area contributed by atoms with Crippen LogP contribution < -0.4 is 15.6 Å². The van der Waals surface area contributed by atoms with Gasteiger partial charge in [-0.3, -0.25) is 4.79 Å². The van der Waals surface area contributed by atoms with Crippen LogP contribution in [-0.4, -0.2) is 18.0 Å². The molecule has 0 fully saturated rings. The third-order valence-corrected chi connectivity index (χ3v) is 4.91. The molecule has 30 heavy (non-hydrogen) atoms. The SMILES string of the molecule is COc1cccc2cc(C(=O)Nc3ccccn3)c(=Nc3cccc(C)c3C)oc12. The number of nitrogens with one attached hydrogen (secondary N) is 1. The molecule has 2 aromatic heterocycles. The largest absolute Gasteiger partial charge is 0.493 e. The van der Waals surface area contributed by atoms with Crippen LogP contribution in [0.15, 0.2) is 76.3 Å². The van der Waals surface area contributed by atoms with Crippen molar-refractivity contribution in [3.8, 4) is 5.75 Å². The summed E-state index contributed by atoms with van der Waals surface area (Å²) in [6.07, 6.45) is 1.62. The van der Waals surface area contributed by atoms with E-state index in [-0.39, 0.29) is 11.5 Å². The van der Waals surface area contributed by atoms with Crippen molar-refractivity contribution >= 4 is 28.4 Å². The fraction of sp³-hybridized carbons (Fsp3) is 0.125. The number of fused-ring (bicyclic) bond motifs is 1. The Labute approximate surface area is 173 Å². The summed E-state index contributed by atoms with van der Waals surface area (Å²) < 4.78 is 11.5. The van der Waals surface area contributed by atoms with Crippen LogP contribution in [0.25, 0.3) is 11.0 Å². The summed E-state index contributed by atoms with van der Waals surface area (Å²) in [5.41, 5.74) is 3.90. The predicted molar refractivity (Wildman–Crippen MR) is 116 cm³/mol. The Balaban J connectivity index is 1.93. The van der Waals surface area contributed by atoms with Crippen molar-refractivity contribution in [2.24, 2.45) is 4.99 Å². The fourth-order valence-corrected chi connectivity index (χ4v) is 3.12. The highest BCUT2D eigenvalue weighted by molar-refractivity contribution is 6.05. The molecular weight excluding hydrogens is 378 g/mol. The van der Waals surface area contributed by atoms with E-state index in [1.54, 1.807) is 43.6 Å². The van der Waals surface area contributed by atoms with E-state index < -0.39 is 0 Å². The van der Waals surface area contributed by atoms with Gasteiger partial charge in [0.1, 0.15) is 11.4 Å². The lowest BCUT2D eigenvalue weighted by atomic mass is 10.1. The monoisotopic (exact) mass is 399 g/mol. The van der Waals surface area contributed by atoms with E-state index in [2.05, 4.69) is 15.3 Å². The van der Waals surface area contributed by atoms with Crippen LogP contribution in [0.2, 0.25) is 0 Å². The number of amides is 1. The van der Waals surface area contributed by atoms with E-state index in [1.165, 1.54) is 0 Å². The molecule has 6 heteroatoms. The molecule has 0 saturated heterocycles. The summed E-state index contributed by atoms with van der Waals surface area (Å²) in [7, 11) is 1.58. The minimum Gasteiger partial charge on any atom is -0.493 e. The second-order valence-electron chi connectivity index (χ2n) is 6.84. The number of pyridine rings is 1. The maximum absolute atomic E-state index is 13.1. The van der Waals surface area contributed by atoms with Gasteiger partial charge in [-0.05, 0) is 55.3 Å². The molecule has 4 rings (SSSR count). The topological polar surface area (TPSA) is 76.7 Å². The first-order valence-corrected chi connectivity index (χ1v) is 9.51. The number of ether oxygens (including phenoxy) is 1. The molecule has 0 spiro atoms. The Hall–Kier alpha value is -3.93. The molecule has 0 aliphatic carbocycles. The molecule has 1 amide bonds. The minimum atomic E-state index is -0.355. The number of rotatable bonds is 4. The zero-order valence-electron chi connectivity index (χ0n) is 17.0. The van der Waals surface area contributed by atoms with E-state index in [4.69, 9.17) is 9.15 Å². The smallest absolute Gasteiger partial charge is 0.262 e. The van der Waals surface area contributed by atoms with E-state index in [9.17, 15) is 4.79 Å². The van der Waals surface area contributed by atoms with Gasteiger partial charge in [0.15, 0.2) is 11.3 Å². The molecule has 1 N–H and O–H groups in total. The molecule has 150 valence electrons. The fourth-order valence-electron chi connectivity index (χ4n) is 3.12.